The number of aromatic nitrogens is 1. The third-order valence-electron chi connectivity index (χ3n) is 4.42. The van der Waals surface area contributed by atoms with Gasteiger partial charge in [0.15, 0.2) is 5.13 Å². The number of methoxy groups -OCH3 is 2. The molecule has 11 nitrogen and oxygen atoms in total. The average Bonchev–Trinajstić information content (AvgIpc) is 3.11. The number of thiazole rings is 1. The molecule has 13 heteroatoms. The van der Waals surface area contributed by atoms with E-state index in [4.69, 9.17) is 20.9 Å². The summed E-state index contributed by atoms with van der Waals surface area (Å²) in [6.07, 6.45) is 0. The molecule has 3 rings (SSSR count). The Morgan fingerprint density at radius 2 is 2.21 bits per heavy atom. The van der Waals surface area contributed by atoms with E-state index >= 15 is 0 Å². The number of nitrogens with zero attached hydrogens (tertiary/aromatic N) is 2. The van der Waals surface area contributed by atoms with Gasteiger partial charge in [-0.2, -0.15) is 0 Å². The third kappa shape index (κ3) is 3.24. The number of ether oxygens (including phenoxy) is 2. The molecule has 6 N–H and O–H groups in total. The molecule has 2 unspecified atom stereocenters. The van der Waals surface area contributed by atoms with Gasteiger partial charge in [0, 0.05) is 25.4 Å². The molecule has 2 amide bonds. The molecule has 28 heavy (non-hydrogen) atoms. The first kappa shape index (κ1) is 20.5. The van der Waals surface area contributed by atoms with Crippen LogP contribution in [-0.2, 0) is 29.6 Å². The van der Waals surface area contributed by atoms with E-state index in [0.717, 1.165) is 16.2 Å². The van der Waals surface area contributed by atoms with Crippen molar-refractivity contribution >= 4 is 46.0 Å². The maximum Gasteiger partial charge on any atom is 0.352 e. The number of nitrogens with one attached hydrogen (secondary N) is 1. The number of thioether (sulfide) groups is 1. The second-order valence-electron chi connectivity index (χ2n) is 6.06. The molecule has 0 radical (unpaired) electrons. The number of aliphatic carboxylic acids is 1. The molecule has 3 atom stereocenters. The van der Waals surface area contributed by atoms with Crippen LogP contribution in [0.1, 0.15) is 5.69 Å². The summed E-state index contributed by atoms with van der Waals surface area (Å²) in [5.74, 6) is -2.19. The van der Waals surface area contributed by atoms with Gasteiger partial charge in [0.1, 0.15) is 22.8 Å². The van der Waals surface area contributed by atoms with Gasteiger partial charge < -0.3 is 25.6 Å². The lowest BCUT2D eigenvalue weighted by Gasteiger charge is -2.49. The van der Waals surface area contributed by atoms with Crippen molar-refractivity contribution in [3.8, 4) is 0 Å². The lowest BCUT2D eigenvalue weighted by Crippen LogP contribution is -2.72. The summed E-state index contributed by atoms with van der Waals surface area (Å²) in [6.45, 7) is 0.100. The number of anilines is 1. The highest BCUT2D eigenvalue weighted by Crippen LogP contribution is 2.40. The van der Waals surface area contributed by atoms with E-state index in [1.807, 2.05) is 0 Å². The van der Waals surface area contributed by atoms with E-state index in [-0.39, 0.29) is 23.1 Å². The number of amides is 2. The fourth-order valence-corrected chi connectivity index (χ4v) is 4.93. The van der Waals surface area contributed by atoms with Crippen molar-refractivity contribution in [1.82, 2.24) is 15.2 Å². The first-order valence-electron chi connectivity index (χ1n) is 8.00. The lowest BCUT2D eigenvalue weighted by molar-refractivity contribution is -0.156. The molecule has 2 aliphatic rings. The first-order chi connectivity index (χ1) is 13.2. The summed E-state index contributed by atoms with van der Waals surface area (Å²) in [7, 11) is 2.68. The summed E-state index contributed by atoms with van der Waals surface area (Å²) in [5.41, 5.74) is 10.2. The molecule has 1 aromatic heterocycles. The second-order valence-corrected chi connectivity index (χ2v) is 8.06. The van der Waals surface area contributed by atoms with Crippen molar-refractivity contribution < 1.29 is 29.0 Å². The summed E-state index contributed by atoms with van der Waals surface area (Å²) in [6, 6.07) is -0.940. The predicted molar refractivity (Wildman–Crippen MR) is 101 cm³/mol. The monoisotopic (exact) mass is 429 g/mol. The van der Waals surface area contributed by atoms with E-state index in [0.29, 0.717) is 11.3 Å². The molecule has 0 spiro atoms. The van der Waals surface area contributed by atoms with Crippen LogP contribution in [0.5, 0.6) is 0 Å². The van der Waals surface area contributed by atoms with Crippen LogP contribution in [0.15, 0.2) is 16.7 Å². The predicted octanol–water partition coefficient (Wildman–Crippen LogP) is -1.13. The van der Waals surface area contributed by atoms with E-state index < -0.39 is 34.9 Å². The molecular weight excluding hydrogens is 410 g/mol. The minimum atomic E-state index is -1.93. The molecular formula is C15H19N5O6S2. The van der Waals surface area contributed by atoms with Crippen molar-refractivity contribution in [2.24, 2.45) is 5.73 Å². The Hall–Kier alpha value is -2.19. The smallest absolute Gasteiger partial charge is 0.352 e. The number of nitrogen functional groups attached to an aromatic ring is 1. The minimum Gasteiger partial charge on any atom is -0.477 e. The molecule has 3 heterocycles. The van der Waals surface area contributed by atoms with Gasteiger partial charge >= 0.3 is 5.97 Å². The number of hydrogen-bond acceptors (Lipinski definition) is 10. The Morgan fingerprint density at radius 3 is 2.75 bits per heavy atom. The minimum absolute atomic E-state index is 0.100. The maximum atomic E-state index is 12.7. The van der Waals surface area contributed by atoms with Crippen LogP contribution in [-0.4, -0.2) is 70.8 Å². The van der Waals surface area contributed by atoms with E-state index in [1.165, 1.54) is 31.4 Å². The average molecular weight is 429 g/mol. The van der Waals surface area contributed by atoms with Crippen molar-refractivity contribution in [3.63, 3.8) is 0 Å². The Bertz CT molecular complexity index is 858. The number of rotatable bonds is 7. The standard InChI is InChI=1S/C15H19N5O6S2/c1-25-3-6-4-27-11-8(10(21)20(11)9(6)12(22)23)19-13(24)15(17,26-2)7-5-28-14(16)18-7/h5,8,11H,3-4,17H2,1-2H3,(H2,16,18)(H,19,24)(H,22,23)/t8?,11-,15?/m1/s1. The Balaban J connectivity index is 1.80. The van der Waals surface area contributed by atoms with Crippen LogP contribution in [0, 0.1) is 0 Å². The van der Waals surface area contributed by atoms with Gasteiger partial charge in [-0.15, -0.1) is 23.1 Å². The maximum absolute atomic E-state index is 12.7. The number of β-lactam (4-membered cyclic amide) rings is 1. The largest absolute Gasteiger partial charge is 0.477 e. The summed E-state index contributed by atoms with van der Waals surface area (Å²) in [4.78, 5) is 42.1. The normalized spacial score (nSPS) is 23.7. The van der Waals surface area contributed by atoms with Crippen molar-refractivity contribution in [2.45, 2.75) is 17.1 Å². The van der Waals surface area contributed by atoms with Crippen LogP contribution in [0.25, 0.3) is 0 Å². The second kappa shape index (κ2) is 7.67. The van der Waals surface area contributed by atoms with E-state index in [2.05, 4.69) is 10.3 Å². The third-order valence-corrected chi connectivity index (χ3v) is 6.43. The molecule has 1 aromatic rings. The van der Waals surface area contributed by atoms with Gasteiger partial charge in [-0.25, -0.2) is 9.78 Å². The van der Waals surface area contributed by atoms with Gasteiger partial charge in [0.05, 0.1) is 6.61 Å². The Morgan fingerprint density at radius 1 is 1.50 bits per heavy atom. The zero-order chi connectivity index (χ0) is 20.6. The zero-order valence-corrected chi connectivity index (χ0v) is 16.6. The molecule has 0 saturated carbocycles. The number of carboxylic acids is 1. The molecule has 1 saturated heterocycles. The summed E-state index contributed by atoms with van der Waals surface area (Å²) < 4.78 is 10.2. The summed E-state index contributed by atoms with van der Waals surface area (Å²) >= 11 is 2.42. The number of carboxylic acid groups (broad SMARTS) is 1. The first-order valence-corrected chi connectivity index (χ1v) is 9.92. The van der Waals surface area contributed by atoms with Gasteiger partial charge in [-0.1, -0.05) is 0 Å². The molecule has 1 fully saturated rings. The lowest BCUT2D eigenvalue weighted by atomic mass is 10.0. The van der Waals surface area contributed by atoms with Crippen LogP contribution in [0.4, 0.5) is 5.13 Å². The molecule has 0 aliphatic carbocycles. The van der Waals surface area contributed by atoms with Crippen LogP contribution in [0.2, 0.25) is 0 Å². The van der Waals surface area contributed by atoms with Gasteiger partial charge in [-0.3, -0.25) is 20.2 Å². The van der Waals surface area contributed by atoms with Crippen molar-refractivity contribution in [2.75, 3.05) is 32.3 Å². The highest BCUT2D eigenvalue weighted by Gasteiger charge is 2.55. The molecule has 0 aromatic carbocycles. The zero-order valence-electron chi connectivity index (χ0n) is 15.0. The van der Waals surface area contributed by atoms with Gasteiger partial charge in [0.25, 0.3) is 11.8 Å². The molecule has 152 valence electrons. The highest BCUT2D eigenvalue weighted by molar-refractivity contribution is 8.00. The van der Waals surface area contributed by atoms with Gasteiger partial charge in [-0.05, 0) is 5.57 Å². The molecule has 2 aliphatic heterocycles. The molecule has 0 bridgehead atoms. The number of fused-ring (bicyclic) bond motifs is 1. The van der Waals surface area contributed by atoms with Crippen LogP contribution < -0.4 is 16.8 Å². The topological polar surface area (TPSA) is 170 Å². The Labute approximate surface area is 168 Å². The van der Waals surface area contributed by atoms with Crippen molar-refractivity contribution in [1.29, 1.82) is 0 Å². The van der Waals surface area contributed by atoms with Gasteiger partial charge in [0.2, 0.25) is 5.72 Å². The van der Waals surface area contributed by atoms with Crippen LogP contribution >= 0.6 is 23.1 Å². The number of nitrogens with two attached hydrogens (primary N) is 2. The van der Waals surface area contributed by atoms with E-state index in [9.17, 15) is 19.5 Å². The van der Waals surface area contributed by atoms with Crippen LogP contribution in [0.3, 0.4) is 0 Å². The number of carbonyl (C=O) groups excluding carboxylic acids is 2. The quantitative estimate of drug-likeness (QED) is 0.307. The van der Waals surface area contributed by atoms with E-state index in [1.54, 1.807) is 0 Å². The fraction of sp³-hybridized carbons (Fsp3) is 0.467. The highest BCUT2D eigenvalue weighted by atomic mass is 32.2. The fourth-order valence-electron chi connectivity index (χ4n) is 2.99. The Kier molecular flexibility index (Phi) is 5.63. The summed E-state index contributed by atoms with van der Waals surface area (Å²) in [5, 5.41) is 13.2. The SMILES string of the molecule is COCC1=C(C(=O)O)N2C(=O)C(NC(=O)C(N)(OC)c3csc(N)n3)[C@H]2SC1. The number of carbonyl (C=O) groups is 3. The number of hydrogen-bond donors (Lipinski definition) is 4. The van der Waals surface area contributed by atoms with Crippen molar-refractivity contribution in [3.05, 3.63) is 22.3 Å².